The summed E-state index contributed by atoms with van der Waals surface area (Å²) in [5, 5.41) is 10.8. The molecule has 2 atom stereocenters. The van der Waals surface area contributed by atoms with Crippen LogP contribution in [0.2, 0.25) is 0 Å². The van der Waals surface area contributed by atoms with E-state index in [2.05, 4.69) is 0 Å². The molecule has 2 rings (SSSR count). The van der Waals surface area contributed by atoms with E-state index >= 15 is 0 Å². The van der Waals surface area contributed by atoms with Crippen molar-refractivity contribution in [2.75, 3.05) is 13.6 Å². The van der Waals surface area contributed by atoms with Crippen LogP contribution >= 0.6 is 0 Å². The van der Waals surface area contributed by atoms with Crippen molar-refractivity contribution in [1.82, 2.24) is 4.90 Å². The SMILES string of the molecule is CC[C@](O)(c1ccccc1)[C@H]1CCN(C)C1=O. The number of carbonyl (C=O) groups is 1. The molecule has 0 aliphatic carbocycles. The van der Waals surface area contributed by atoms with E-state index in [4.69, 9.17) is 0 Å². The quantitative estimate of drug-likeness (QED) is 0.864. The lowest BCUT2D eigenvalue weighted by atomic mass is 9.78. The second-order valence-electron chi connectivity index (χ2n) is 4.74. The average Bonchev–Trinajstić information content (AvgIpc) is 2.71. The van der Waals surface area contributed by atoms with E-state index in [-0.39, 0.29) is 11.8 Å². The summed E-state index contributed by atoms with van der Waals surface area (Å²) in [5.74, 6) is -0.252. The molecule has 0 aromatic heterocycles. The smallest absolute Gasteiger partial charge is 0.228 e. The molecule has 17 heavy (non-hydrogen) atoms. The lowest BCUT2D eigenvalue weighted by molar-refractivity contribution is -0.139. The zero-order valence-corrected chi connectivity index (χ0v) is 10.4. The Kier molecular flexibility index (Phi) is 3.20. The number of nitrogens with zero attached hydrogens (tertiary/aromatic N) is 1. The molecule has 0 spiro atoms. The summed E-state index contributed by atoms with van der Waals surface area (Å²) in [7, 11) is 1.80. The van der Waals surface area contributed by atoms with Crippen LogP contribution in [0.15, 0.2) is 30.3 Å². The van der Waals surface area contributed by atoms with Crippen molar-refractivity contribution < 1.29 is 9.90 Å². The third-order valence-corrected chi connectivity index (χ3v) is 3.82. The van der Waals surface area contributed by atoms with Crippen LogP contribution in [0.25, 0.3) is 0 Å². The van der Waals surface area contributed by atoms with Gasteiger partial charge in [0, 0.05) is 13.6 Å². The first-order valence-corrected chi connectivity index (χ1v) is 6.12. The number of rotatable bonds is 3. The van der Waals surface area contributed by atoms with Gasteiger partial charge in [-0.3, -0.25) is 4.79 Å². The standard InChI is InChI=1S/C14H19NO2/c1-3-14(17,11-7-5-4-6-8-11)12-9-10-15(2)13(12)16/h4-8,12,17H,3,9-10H2,1-2H3/t12-,14-/m0/s1. The van der Waals surface area contributed by atoms with Crippen LogP contribution < -0.4 is 0 Å². The minimum Gasteiger partial charge on any atom is -0.384 e. The maximum absolute atomic E-state index is 12.1. The monoisotopic (exact) mass is 233 g/mol. The second-order valence-corrected chi connectivity index (χ2v) is 4.74. The van der Waals surface area contributed by atoms with Gasteiger partial charge in [0.2, 0.25) is 5.91 Å². The zero-order chi connectivity index (χ0) is 12.5. The Labute approximate surface area is 102 Å². The molecule has 1 N–H and O–H groups in total. The summed E-state index contributed by atoms with van der Waals surface area (Å²) in [6.45, 7) is 2.66. The number of likely N-dealkylation sites (tertiary alicyclic amines) is 1. The molecule has 0 saturated carbocycles. The molecule has 1 aromatic rings. The van der Waals surface area contributed by atoms with Crippen molar-refractivity contribution >= 4 is 5.91 Å². The third kappa shape index (κ3) is 1.95. The van der Waals surface area contributed by atoms with Gasteiger partial charge in [0.05, 0.1) is 5.92 Å². The Morgan fingerprint density at radius 3 is 2.53 bits per heavy atom. The Morgan fingerprint density at radius 1 is 1.41 bits per heavy atom. The predicted molar refractivity (Wildman–Crippen MR) is 66.4 cm³/mol. The Bertz CT molecular complexity index is 404. The highest BCUT2D eigenvalue weighted by atomic mass is 16.3. The summed E-state index contributed by atoms with van der Waals surface area (Å²) in [5.41, 5.74) is -0.181. The molecule has 1 fully saturated rings. The van der Waals surface area contributed by atoms with E-state index in [0.717, 1.165) is 18.5 Å². The number of hydrogen-bond donors (Lipinski definition) is 1. The molecule has 0 radical (unpaired) electrons. The van der Waals surface area contributed by atoms with E-state index in [0.29, 0.717) is 6.42 Å². The summed E-state index contributed by atoms with van der Waals surface area (Å²) >= 11 is 0. The number of aliphatic hydroxyl groups is 1. The highest BCUT2D eigenvalue weighted by Gasteiger charge is 2.45. The summed E-state index contributed by atoms with van der Waals surface area (Å²) in [4.78, 5) is 13.8. The fraction of sp³-hybridized carbons (Fsp3) is 0.500. The largest absolute Gasteiger partial charge is 0.384 e. The van der Waals surface area contributed by atoms with Gasteiger partial charge in [-0.15, -0.1) is 0 Å². The minimum absolute atomic E-state index is 0.0539. The molecule has 3 heteroatoms. The lowest BCUT2D eigenvalue weighted by Gasteiger charge is -2.32. The summed E-state index contributed by atoms with van der Waals surface area (Å²) < 4.78 is 0. The molecular weight excluding hydrogens is 214 g/mol. The molecule has 1 heterocycles. The fourth-order valence-corrected chi connectivity index (χ4v) is 2.64. The number of carbonyl (C=O) groups excluding carboxylic acids is 1. The zero-order valence-electron chi connectivity index (χ0n) is 10.4. The topological polar surface area (TPSA) is 40.5 Å². The number of benzene rings is 1. The minimum atomic E-state index is -1.02. The number of hydrogen-bond acceptors (Lipinski definition) is 2. The Morgan fingerprint density at radius 2 is 2.06 bits per heavy atom. The van der Waals surface area contributed by atoms with Gasteiger partial charge in [-0.1, -0.05) is 37.3 Å². The van der Waals surface area contributed by atoms with Gasteiger partial charge in [-0.25, -0.2) is 0 Å². The molecule has 1 saturated heterocycles. The van der Waals surface area contributed by atoms with Crippen LogP contribution in [-0.2, 0) is 10.4 Å². The van der Waals surface area contributed by atoms with Crippen molar-refractivity contribution in [2.24, 2.45) is 5.92 Å². The molecular formula is C14H19NO2. The maximum atomic E-state index is 12.1. The van der Waals surface area contributed by atoms with Crippen molar-refractivity contribution in [3.8, 4) is 0 Å². The van der Waals surface area contributed by atoms with E-state index in [1.807, 2.05) is 37.3 Å². The maximum Gasteiger partial charge on any atom is 0.228 e. The van der Waals surface area contributed by atoms with Crippen molar-refractivity contribution in [2.45, 2.75) is 25.4 Å². The molecule has 0 bridgehead atoms. The molecule has 0 unspecified atom stereocenters. The van der Waals surface area contributed by atoms with Gasteiger partial charge < -0.3 is 10.0 Å². The van der Waals surface area contributed by atoms with Gasteiger partial charge in [0.25, 0.3) is 0 Å². The van der Waals surface area contributed by atoms with Crippen LogP contribution in [0.4, 0.5) is 0 Å². The third-order valence-electron chi connectivity index (χ3n) is 3.82. The van der Waals surface area contributed by atoms with Gasteiger partial charge >= 0.3 is 0 Å². The summed E-state index contributed by atoms with van der Waals surface area (Å²) in [6, 6.07) is 9.52. The van der Waals surface area contributed by atoms with Gasteiger partial charge in [-0.2, -0.15) is 0 Å². The van der Waals surface area contributed by atoms with Crippen LogP contribution in [0.1, 0.15) is 25.3 Å². The molecule has 1 amide bonds. The van der Waals surface area contributed by atoms with Crippen molar-refractivity contribution in [3.63, 3.8) is 0 Å². The van der Waals surface area contributed by atoms with Crippen LogP contribution in [0, 0.1) is 5.92 Å². The summed E-state index contributed by atoms with van der Waals surface area (Å²) in [6.07, 6.45) is 1.29. The van der Waals surface area contributed by atoms with Crippen molar-refractivity contribution in [1.29, 1.82) is 0 Å². The predicted octanol–water partition coefficient (Wildman–Crippen LogP) is 1.76. The van der Waals surface area contributed by atoms with E-state index in [1.165, 1.54) is 0 Å². The van der Waals surface area contributed by atoms with Gasteiger partial charge in [0.1, 0.15) is 5.60 Å². The Hall–Kier alpha value is -1.35. The first kappa shape index (κ1) is 12.1. The van der Waals surface area contributed by atoms with E-state index in [1.54, 1.807) is 11.9 Å². The first-order chi connectivity index (χ1) is 8.09. The lowest BCUT2D eigenvalue weighted by Crippen LogP contribution is -2.39. The van der Waals surface area contributed by atoms with Crippen molar-refractivity contribution in [3.05, 3.63) is 35.9 Å². The molecule has 1 aliphatic heterocycles. The highest BCUT2D eigenvalue weighted by Crippen LogP contribution is 2.38. The number of amides is 1. The molecule has 1 aliphatic rings. The van der Waals surface area contributed by atoms with Gasteiger partial charge in [-0.05, 0) is 18.4 Å². The highest BCUT2D eigenvalue weighted by molar-refractivity contribution is 5.82. The molecule has 1 aromatic carbocycles. The van der Waals surface area contributed by atoms with Crippen LogP contribution in [0.5, 0.6) is 0 Å². The van der Waals surface area contributed by atoms with E-state index in [9.17, 15) is 9.90 Å². The van der Waals surface area contributed by atoms with Crippen LogP contribution in [0.3, 0.4) is 0 Å². The average molecular weight is 233 g/mol. The van der Waals surface area contributed by atoms with Gasteiger partial charge in [0.15, 0.2) is 0 Å². The fourth-order valence-electron chi connectivity index (χ4n) is 2.64. The van der Waals surface area contributed by atoms with E-state index < -0.39 is 5.60 Å². The Balaban J connectivity index is 2.35. The van der Waals surface area contributed by atoms with Crippen LogP contribution in [-0.4, -0.2) is 29.5 Å². The normalized spacial score (nSPS) is 23.8. The molecule has 3 nitrogen and oxygen atoms in total. The first-order valence-electron chi connectivity index (χ1n) is 6.12. The molecule has 92 valence electrons. The second kappa shape index (κ2) is 4.49.